The van der Waals surface area contributed by atoms with Crippen LogP contribution in [0.25, 0.3) is 0 Å². The van der Waals surface area contributed by atoms with Gasteiger partial charge >= 0.3 is 6.18 Å². The summed E-state index contributed by atoms with van der Waals surface area (Å²) in [5.41, 5.74) is -0.0283. The summed E-state index contributed by atoms with van der Waals surface area (Å²) in [6.45, 7) is 0. The summed E-state index contributed by atoms with van der Waals surface area (Å²) in [6.07, 6.45) is -4.22. The fraction of sp³-hybridized carbons (Fsp3) is 0.100. The number of ketones is 1. The van der Waals surface area contributed by atoms with Gasteiger partial charge < -0.3 is 5.32 Å². The molecule has 0 atom stereocenters. The minimum atomic E-state index is -4.97. The minimum absolute atomic E-state index is 0.0283. The van der Waals surface area contributed by atoms with Crippen molar-refractivity contribution in [1.82, 2.24) is 0 Å². The van der Waals surface area contributed by atoms with Crippen LogP contribution in [-0.2, 0) is 4.79 Å². The Morgan fingerprint density at radius 3 is 2.41 bits per heavy atom. The molecule has 0 spiro atoms. The highest BCUT2D eigenvalue weighted by Gasteiger charge is 2.39. The molecule has 2 nitrogen and oxygen atoms in total. The Morgan fingerprint density at radius 2 is 1.88 bits per heavy atom. The summed E-state index contributed by atoms with van der Waals surface area (Å²) in [5.74, 6) is -2.68. The summed E-state index contributed by atoms with van der Waals surface area (Å²) >= 11 is 2.47. The summed E-state index contributed by atoms with van der Waals surface area (Å²) in [5, 5.41) is 2.26. The smallest absolute Gasteiger partial charge is 0.358 e. The van der Waals surface area contributed by atoms with E-state index >= 15 is 0 Å². The lowest BCUT2D eigenvalue weighted by Crippen LogP contribution is -2.22. The van der Waals surface area contributed by atoms with Crippen molar-refractivity contribution in [1.29, 1.82) is 0 Å². The molecule has 0 saturated heterocycles. The first-order valence-corrected chi connectivity index (χ1v) is 5.10. The van der Waals surface area contributed by atoms with Crippen LogP contribution >= 0.6 is 15.9 Å². The number of benzene rings is 1. The van der Waals surface area contributed by atoms with E-state index < -0.39 is 22.3 Å². The number of anilines is 1. The molecule has 0 bridgehead atoms. The molecule has 0 aliphatic rings. The predicted octanol–water partition coefficient (Wildman–Crippen LogP) is 3.61. The van der Waals surface area contributed by atoms with Crippen LogP contribution in [0.1, 0.15) is 0 Å². The molecule has 0 unspecified atom stereocenters. The molecule has 1 N–H and O–H groups in total. The van der Waals surface area contributed by atoms with Crippen molar-refractivity contribution in [3.05, 3.63) is 40.8 Å². The number of hydrogen-bond donors (Lipinski definition) is 1. The Balaban J connectivity index is 2.79. The Labute approximate surface area is 102 Å². The third-order valence-electron chi connectivity index (χ3n) is 1.70. The van der Waals surface area contributed by atoms with E-state index in [1.54, 1.807) is 0 Å². The van der Waals surface area contributed by atoms with Crippen LogP contribution in [0, 0.1) is 5.82 Å². The number of carbonyl (C=O) groups excluding carboxylic acids is 1. The van der Waals surface area contributed by atoms with Gasteiger partial charge in [0, 0.05) is 6.20 Å². The Kier molecular flexibility index (Phi) is 4.28. The fourth-order valence-corrected chi connectivity index (χ4v) is 1.26. The first kappa shape index (κ1) is 13.7. The third kappa shape index (κ3) is 3.85. The van der Waals surface area contributed by atoms with E-state index in [9.17, 15) is 22.4 Å². The number of alkyl halides is 3. The molecular weight excluding hydrogens is 306 g/mol. The van der Waals surface area contributed by atoms with Crippen molar-refractivity contribution in [3.63, 3.8) is 0 Å². The lowest BCUT2D eigenvalue weighted by molar-refractivity contribution is -0.165. The van der Waals surface area contributed by atoms with Gasteiger partial charge in [0.1, 0.15) is 5.82 Å². The van der Waals surface area contributed by atoms with Crippen LogP contribution in [0.2, 0.25) is 0 Å². The lowest BCUT2D eigenvalue weighted by Gasteiger charge is -2.05. The zero-order valence-electron chi connectivity index (χ0n) is 8.18. The molecule has 7 heteroatoms. The molecule has 0 heterocycles. The number of carbonyl (C=O) groups is 1. The third-order valence-corrected chi connectivity index (χ3v) is 2.29. The average molecular weight is 312 g/mol. The largest absolute Gasteiger partial charge is 0.455 e. The van der Waals surface area contributed by atoms with Gasteiger partial charge in [-0.15, -0.1) is 0 Å². The van der Waals surface area contributed by atoms with E-state index in [1.807, 2.05) is 0 Å². The van der Waals surface area contributed by atoms with Gasteiger partial charge in [0.2, 0.25) is 0 Å². The molecule has 1 aromatic carbocycles. The van der Waals surface area contributed by atoms with Gasteiger partial charge in [0.05, 0.1) is 10.2 Å². The van der Waals surface area contributed by atoms with Gasteiger partial charge in [0.25, 0.3) is 5.78 Å². The molecule has 92 valence electrons. The summed E-state index contributed by atoms with van der Waals surface area (Å²) < 4.78 is 48.3. The van der Waals surface area contributed by atoms with Gasteiger partial charge in [-0.05, 0) is 28.1 Å². The van der Waals surface area contributed by atoms with E-state index in [1.165, 1.54) is 18.2 Å². The van der Waals surface area contributed by atoms with Crippen LogP contribution in [0.3, 0.4) is 0 Å². The van der Waals surface area contributed by atoms with Crippen LogP contribution in [-0.4, -0.2) is 12.0 Å². The monoisotopic (exact) mass is 311 g/mol. The van der Waals surface area contributed by atoms with Crippen molar-refractivity contribution < 1.29 is 22.4 Å². The zero-order valence-corrected chi connectivity index (χ0v) is 9.77. The van der Waals surface area contributed by atoms with Gasteiger partial charge in [0.15, 0.2) is 0 Å². The van der Waals surface area contributed by atoms with Crippen LogP contribution in [0.4, 0.5) is 23.2 Å². The highest BCUT2D eigenvalue weighted by Crippen LogP contribution is 2.24. The van der Waals surface area contributed by atoms with Crippen molar-refractivity contribution in [2.75, 3.05) is 5.32 Å². The molecule has 0 radical (unpaired) electrons. The first-order valence-electron chi connectivity index (χ1n) is 4.30. The molecule has 1 aromatic rings. The first-order chi connectivity index (χ1) is 7.82. The topological polar surface area (TPSA) is 29.1 Å². The normalized spacial score (nSPS) is 12.4. The fourth-order valence-electron chi connectivity index (χ4n) is 0.920. The Hall–Kier alpha value is -1.37. The maximum atomic E-state index is 13.1. The molecule has 0 amide bonds. The van der Waals surface area contributed by atoms with E-state index in [0.29, 0.717) is 0 Å². The summed E-state index contributed by atoms with van der Waals surface area (Å²) in [6, 6.07) is 5.39. The Morgan fingerprint density at radius 1 is 1.29 bits per heavy atom. The highest BCUT2D eigenvalue weighted by molar-refractivity contribution is 9.12. The van der Waals surface area contributed by atoms with E-state index in [-0.39, 0.29) is 5.69 Å². The quantitative estimate of drug-likeness (QED) is 0.682. The maximum absolute atomic E-state index is 13.1. The highest BCUT2D eigenvalue weighted by atomic mass is 79.9. The SMILES string of the molecule is O=C(C(Br)=CNc1ccccc1F)C(F)(F)F. The second kappa shape index (κ2) is 5.31. The standard InChI is InChI=1S/C10H6BrF4NO/c11-6(9(17)10(13,14)15)5-16-8-4-2-1-3-7(8)12/h1-5,16H. The minimum Gasteiger partial charge on any atom is -0.358 e. The maximum Gasteiger partial charge on any atom is 0.455 e. The number of nitrogens with one attached hydrogen (secondary N) is 1. The Bertz CT molecular complexity index is 456. The van der Waals surface area contributed by atoms with Crippen LogP contribution in [0.15, 0.2) is 34.9 Å². The van der Waals surface area contributed by atoms with Gasteiger partial charge in [-0.1, -0.05) is 12.1 Å². The molecule has 0 aromatic heterocycles. The molecule has 0 aliphatic carbocycles. The number of para-hydroxylation sites is 1. The van der Waals surface area contributed by atoms with Crippen LogP contribution < -0.4 is 5.32 Å². The average Bonchev–Trinajstić information content (AvgIpc) is 2.25. The van der Waals surface area contributed by atoms with Crippen molar-refractivity contribution in [2.24, 2.45) is 0 Å². The molecule has 17 heavy (non-hydrogen) atoms. The van der Waals surface area contributed by atoms with Gasteiger partial charge in [-0.25, -0.2) is 4.39 Å². The summed E-state index contributed by atoms with van der Waals surface area (Å²) in [4.78, 5) is 10.7. The number of rotatable bonds is 3. The molecule has 1 rings (SSSR count). The second-order valence-electron chi connectivity index (χ2n) is 2.94. The zero-order chi connectivity index (χ0) is 13.1. The van der Waals surface area contributed by atoms with Gasteiger partial charge in [-0.2, -0.15) is 13.2 Å². The van der Waals surface area contributed by atoms with E-state index in [4.69, 9.17) is 0 Å². The predicted molar refractivity (Wildman–Crippen MR) is 58.1 cm³/mol. The lowest BCUT2D eigenvalue weighted by atomic mass is 10.3. The van der Waals surface area contributed by atoms with E-state index in [2.05, 4.69) is 21.2 Å². The number of Topliss-reactive ketones (excluding diaryl/α,β-unsaturated/α-hetero) is 1. The van der Waals surface area contributed by atoms with Crippen molar-refractivity contribution in [3.8, 4) is 0 Å². The molecule has 0 saturated carbocycles. The molecular formula is C10H6BrF4NO. The van der Waals surface area contributed by atoms with Crippen molar-refractivity contribution in [2.45, 2.75) is 6.18 Å². The van der Waals surface area contributed by atoms with Crippen molar-refractivity contribution >= 4 is 27.4 Å². The molecule has 0 fully saturated rings. The van der Waals surface area contributed by atoms with E-state index in [0.717, 1.165) is 12.3 Å². The second-order valence-corrected chi connectivity index (χ2v) is 3.80. The number of hydrogen-bond acceptors (Lipinski definition) is 2. The molecule has 0 aliphatic heterocycles. The van der Waals surface area contributed by atoms with Crippen LogP contribution in [0.5, 0.6) is 0 Å². The number of halogens is 5. The number of allylic oxidation sites excluding steroid dienone is 1. The summed E-state index contributed by atoms with van der Waals surface area (Å²) in [7, 11) is 0. The van der Waals surface area contributed by atoms with Gasteiger partial charge in [-0.3, -0.25) is 4.79 Å².